The van der Waals surface area contributed by atoms with Crippen LogP contribution in [0.1, 0.15) is 37.7 Å². The van der Waals surface area contributed by atoms with Gasteiger partial charge in [0.05, 0.1) is 17.1 Å². The maximum atomic E-state index is 13.4. The highest BCUT2D eigenvalue weighted by atomic mass is 35.5. The van der Waals surface area contributed by atoms with Crippen LogP contribution in [0.25, 0.3) is 5.83 Å². The van der Waals surface area contributed by atoms with Crippen LogP contribution in [0, 0.1) is 12.3 Å². The molecule has 0 radical (unpaired) electrons. The standard InChI is InChI=1S/C19H14ClF4N3O2/c1-4-7-25-18(29)12-8-11(5-6-13(12)20)9-14(28)17-15(19(22,23)24)16(10(2)21)26-27(17)3/h1,5-6,8H,2,7,9H2,3H3,(H,25,29). The van der Waals surface area contributed by atoms with Crippen molar-refractivity contribution in [3.63, 3.8) is 0 Å². The van der Waals surface area contributed by atoms with Crippen LogP contribution in [0.2, 0.25) is 5.02 Å². The third-order valence-electron chi connectivity index (χ3n) is 3.84. The summed E-state index contributed by atoms with van der Waals surface area (Å²) in [6.45, 7) is 2.78. The van der Waals surface area contributed by atoms with E-state index in [0.717, 1.165) is 7.05 Å². The molecule has 1 amide bonds. The number of rotatable bonds is 6. The van der Waals surface area contributed by atoms with E-state index in [1.54, 1.807) is 0 Å². The fraction of sp³-hybridized carbons (Fsp3) is 0.211. The number of nitrogens with zero attached hydrogens (tertiary/aromatic N) is 2. The number of alkyl halides is 3. The highest BCUT2D eigenvalue weighted by Gasteiger charge is 2.42. The minimum Gasteiger partial charge on any atom is -0.341 e. The van der Waals surface area contributed by atoms with Crippen molar-refractivity contribution in [3.05, 3.63) is 57.9 Å². The molecule has 0 aliphatic heterocycles. The number of terminal acetylenes is 1. The highest BCUT2D eigenvalue weighted by molar-refractivity contribution is 6.33. The zero-order valence-corrected chi connectivity index (χ0v) is 15.8. The van der Waals surface area contributed by atoms with E-state index in [-0.39, 0.29) is 22.7 Å². The zero-order valence-electron chi connectivity index (χ0n) is 15.0. The van der Waals surface area contributed by atoms with Crippen LogP contribution in [0.3, 0.4) is 0 Å². The summed E-state index contributed by atoms with van der Waals surface area (Å²) in [5.74, 6) is -0.777. The Kier molecular flexibility index (Phi) is 6.49. The van der Waals surface area contributed by atoms with Gasteiger partial charge in [-0.2, -0.15) is 18.3 Å². The van der Waals surface area contributed by atoms with Crippen LogP contribution in [0.5, 0.6) is 0 Å². The van der Waals surface area contributed by atoms with Gasteiger partial charge >= 0.3 is 6.18 Å². The SMILES string of the molecule is C#CCNC(=O)c1cc(CC(=O)c2c(C(F)(F)F)c(C(=C)F)nn2C)ccc1Cl. The summed E-state index contributed by atoms with van der Waals surface area (Å²) in [7, 11) is 1.09. The van der Waals surface area contributed by atoms with Gasteiger partial charge in [-0.15, -0.1) is 6.42 Å². The van der Waals surface area contributed by atoms with Gasteiger partial charge in [0.15, 0.2) is 5.78 Å². The van der Waals surface area contributed by atoms with Gasteiger partial charge < -0.3 is 5.32 Å². The minimum absolute atomic E-state index is 0.00564. The molecule has 0 saturated heterocycles. The van der Waals surface area contributed by atoms with E-state index in [0.29, 0.717) is 4.68 Å². The Bertz CT molecular complexity index is 1040. The number of hydrogen-bond donors (Lipinski definition) is 1. The molecule has 0 spiro atoms. The number of ketones is 1. The Morgan fingerprint density at radius 3 is 2.59 bits per heavy atom. The van der Waals surface area contributed by atoms with Crippen molar-refractivity contribution in [1.29, 1.82) is 0 Å². The highest BCUT2D eigenvalue weighted by Crippen LogP contribution is 2.37. The number of Topliss-reactive ketones (excluding diaryl/α,β-unsaturated/α-hetero) is 1. The maximum absolute atomic E-state index is 13.4. The quantitative estimate of drug-likeness (QED) is 0.433. The van der Waals surface area contributed by atoms with E-state index in [4.69, 9.17) is 18.0 Å². The Morgan fingerprint density at radius 1 is 1.38 bits per heavy atom. The molecule has 0 fully saturated rings. The summed E-state index contributed by atoms with van der Waals surface area (Å²) in [5.41, 5.74) is -3.14. The minimum atomic E-state index is -5.02. The third-order valence-corrected chi connectivity index (χ3v) is 4.17. The van der Waals surface area contributed by atoms with Gasteiger partial charge in [-0.05, 0) is 17.7 Å². The number of nitrogens with one attached hydrogen (secondary N) is 1. The van der Waals surface area contributed by atoms with E-state index in [1.807, 2.05) is 0 Å². The maximum Gasteiger partial charge on any atom is 0.420 e. The number of amides is 1. The molecule has 152 valence electrons. The summed E-state index contributed by atoms with van der Waals surface area (Å²) in [5, 5.41) is 5.90. The smallest absolute Gasteiger partial charge is 0.341 e. The Labute approximate surface area is 168 Å². The van der Waals surface area contributed by atoms with Gasteiger partial charge in [-0.25, -0.2) is 4.39 Å². The van der Waals surface area contributed by atoms with Crippen LogP contribution in [0.15, 0.2) is 24.8 Å². The summed E-state index contributed by atoms with van der Waals surface area (Å²) >= 11 is 5.96. The molecule has 1 aromatic heterocycles. The molecule has 0 unspecified atom stereocenters. The van der Waals surface area contributed by atoms with Crippen LogP contribution in [-0.4, -0.2) is 28.0 Å². The fourth-order valence-electron chi connectivity index (χ4n) is 2.65. The average Bonchev–Trinajstić information content (AvgIpc) is 2.99. The van der Waals surface area contributed by atoms with E-state index in [9.17, 15) is 27.2 Å². The first-order chi connectivity index (χ1) is 13.5. The van der Waals surface area contributed by atoms with E-state index >= 15 is 0 Å². The first-order valence-corrected chi connectivity index (χ1v) is 8.37. The second-order valence-electron chi connectivity index (χ2n) is 5.90. The lowest BCUT2D eigenvalue weighted by atomic mass is 10.0. The van der Waals surface area contributed by atoms with Crippen molar-refractivity contribution in [2.45, 2.75) is 12.6 Å². The predicted molar refractivity (Wildman–Crippen MR) is 99.0 cm³/mol. The van der Waals surface area contributed by atoms with Crippen molar-refractivity contribution < 1.29 is 27.2 Å². The Balaban J connectivity index is 2.43. The van der Waals surface area contributed by atoms with Crippen molar-refractivity contribution in [2.75, 3.05) is 6.54 Å². The van der Waals surface area contributed by atoms with E-state index in [1.165, 1.54) is 18.2 Å². The third kappa shape index (κ3) is 4.84. The zero-order chi connectivity index (χ0) is 21.9. The van der Waals surface area contributed by atoms with Crippen LogP contribution < -0.4 is 5.32 Å². The molecule has 0 bridgehead atoms. The van der Waals surface area contributed by atoms with Crippen molar-refractivity contribution in [3.8, 4) is 12.3 Å². The first kappa shape index (κ1) is 22.2. The van der Waals surface area contributed by atoms with Gasteiger partial charge in [0.2, 0.25) is 0 Å². The number of carbonyl (C=O) groups excluding carboxylic acids is 2. The molecule has 2 aromatic rings. The molecule has 1 aromatic carbocycles. The van der Waals surface area contributed by atoms with Crippen molar-refractivity contribution in [1.82, 2.24) is 15.1 Å². The Morgan fingerprint density at radius 2 is 2.03 bits per heavy atom. The second-order valence-corrected chi connectivity index (χ2v) is 6.31. The van der Waals surface area contributed by atoms with Crippen LogP contribution in [-0.2, 0) is 19.6 Å². The fourth-order valence-corrected chi connectivity index (χ4v) is 2.86. The number of halogens is 5. The van der Waals surface area contributed by atoms with Crippen molar-refractivity contribution >= 4 is 29.1 Å². The molecule has 0 aliphatic carbocycles. The molecule has 1 N–H and O–H groups in total. The number of carbonyl (C=O) groups is 2. The summed E-state index contributed by atoms with van der Waals surface area (Å²) in [6.07, 6.45) is -0.466. The predicted octanol–water partition coefficient (Wildman–Crippen LogP) is 3.82. The lowest BCUT2D eigenvalue weighted by Gasteiger charge is -2.11. The largest absolute Gasteiger partial charge is 0.420 e. The number of benzene rings is 1. The van der Waals surface area contributed by atoms with Gasteiger partial charge in [0, 0.05) is 13.5 Å². The molecule has 2 rings (SSSR count). The molecule has 29 heavy (non-hydrogen) atoms. The molecular formula is C19H14ClF4N3O2. The molecule has 0 atom stereocenters. The summed E-state index contributed by atoms with van der Waals surface area (Å²) < 4.78 is 54.4. The topological polar surface area (TPSA) is 64.0 Å². The second kappa shape index (κ2) is 8.49. The van der Waals surface area contributed by atoms with Crippen molar-refractivity contribution in [2.24, 2.45) is 7.05 Å². The van der Waals surface area contributed by atoms with E-state index < -0.39 is 47.1 Å². The lowest BCUT2D eigenvalue weighted by molar-refractivity contribution is -0.138. The number of aromatic nitrogens is 2. The molecule has 5 nitrogen and oxygen atoms in total. The first-order valence-electron chi connectivity index (χ1n) is 7.99. The normalized spacial score (nSPS) is 11.1. The Hall–Kier alpha value is -3.12. The summed E-state index contributed by atoms with van der Waals surface area (Å²) in [4.78, 5) is 24.7. The number of aryl methyl sites for hydroxylation is 1. The monoisotopic (exact) mass is 427 g/mol. The lowest BCUT2D eigenvalue weighted by Crippen LogP contribution is -2.24. The van der Waals surface area contributed by atoms with Gasteiger partial charge in [0.1, 0.15) is 22.8 Å². The van der Waals surface area contributed by atoms with E-state index in [2.05, 4.69) is 22.9 Å². The molecule has 0 aliphatic rings. The molecule has 0 saturated carbocycles. The van der Waals surface area contributed by atoms with Gasteiger partial charge in [-0.1, -0.05) is 30.2 Å². The van der Waals surface area contributed by atoms with Gasteiger partial charge in [0.25, 0.3) is 5.91 Å². The van der Waals surface area contributed by atoms with Gasteiger partial charge in [-0.3, -0.25) is 14.3 Å². The average molecular weight is 428 g/mol. The van der Waals surface area contributed by atoms with Crippen LogP contribution >= 0.6 is 11.6 Å². The molecule has 1 heterocycles. The number of hydrogen-bond acceptors (Lipinski definition) is 3. The molecule has 10 heteroatoms. The summed E-state index contributed by atoms with van der Waals surface area (Å²) in [6, 6.07) is 3.99. The van der Waals surface area contributed by atoms with Crippen LogP contribution in [0.4, 0.5) is 17.6 Å². The molecular weight excluding hydrogens is 414 g/mol.